The molecule has 1 unspecified atom stereocenters. The van der Waals surface area contributed by atoms with E-state index >= 15 is 0 Å². The molecule has 3 aromatic carbocycles. The molecule has 0 aromatic heterocycles. The molecular formula is C22H15ClN2O4. The maximum Gasteiger partial charge on any atom is 0.269 e. The molecule has 1 heterocycles. The molecule has 1 aliphatic heterocycles. The summed E-state index contributed by atoms with van der Waals surface area (Å²) < 4.78 is 6.19. The van der Waals surface area contributed by atoms with E-state index in [1.165, 1.54) is 23.1 Å². The van der Waals surface area contributed by atoms with Crippen molar-refractivity contribution in [3.05, 3.63) is 111 Å². The van der Waals surface area contributed by atoms with Gasteiger partial charge in [0.15, 0.2) is 0 Å². The lowest BCUT2D eigenvalue weighted by atomic mass is 10.1. The normalized spacial score (nSPS) is 16.2. The Bertz CT molecular complexity index is 1080. The van der Waals surface area contributed by atoms with Crippen molar-refractivity contribution in [3.8, 4) is 0 Å². The number of carbonyl (C=O) groups is 1. The fraction of sp³-hybridized carbons (Fsp3) is 0.0455. The molecule has 0 fully saturated rings. The van der Waals surface area contributed by atoms with Gasteiger partial charge in [0.2, 0.25) is 6.23 Å². The van der Waals surface area contributed by atoms with Crippen LogP contribution in [0.2, 0.25) is 5.02 Å². The minimum atomic E-state index is -0.776. The summed E-state index contributed by atoms with van der Waals surface area (Å²) in [7, 11) is 0. The van der Waals surface area contributed by atoms with E-state index in [1.54, 1.807) is 48.5 Å². The number of ether oxygens (including phenoxy) is 1. The number of amides is 1. The van der Waals surface area contributed by atoms with Crippen LogP contribution in [0.3, 0.4) is 0 Å². The third kappa shape index (κ3) is 3.83. The summed E-state index contributed by atoms with van der Waals surface area (Å²) >= 11 is 5.96. The Kier molecular flexibility index (Phi) is 5.01. The Labute approximate surface area is 171 Å². The van der Waals surface area contributed by atoms with Crippen molar-refractivity contribution in [3.63, 3.8) is 0 Å². The smallest absolute Gasteiger partial charge is 0.269 e. The lowest BCUT2D eigenvalue weighted by molar-refractivity contribution is -0.384. The third-order valence-corrected chi connectivity index (χ3v) is 4.77. The number of hydrogen-bond acceptors (Lipinski definition) is 4. The molecule has 0 bridgehead atoms. The molecule has 1 amide bonds. The molecule has 0 aliphatic carbocycles. The lowest BCUT2D eigenvalue weighted by Gasteiger charge is -2.35. The summed E-state index contributed by atoms with van der Waals surface area (Å²) in [5.74, 6) is 0.151. The number of nitrogens with zero attached hydrogens (tertiary/aromatic N) is 2. The van der Waals surface area contributed by atoms with Crippen molar-refractivity contribution >= 4 is 34.6 Å². The molecule has 144 valence electrons. The van der Waals surface area contributed by atoms with Gasteiger partial charge in [0.05, 0.1) is 4.92 Å². The van der Waals surface area contributed by atoms with Gasteiger partial charge in [-0.15, -0.1) is 0 Å². The lowest BCUT2D eigenvalue weighted by Crippen LogP contribution is -2.38. The highest BCUT2D eigenvalue weighted by atomic mass is 35.5. The van der Waals surface area contributed by atoms with Crippen molar-refractivity contribution in [2.75, 3.05) is 4.90 Å². The molecule has 0 radical (unpaired) electrons. The van der Waals surface area contributed by atoms with Crippen LogP contribution < -0.4 is 4.90 Å². The Morgan fingerprint density at radius 3 is 2.21 bits per heavy atom. The van der Waals surface area contributed by atoms with Crippen LogP contribution in [0, 0.1) is 10.1 Å². The number of nitro groups is 1. The first-order chi connectivity index (χ1) is 14.0. The third-order valence-electron chi connectivity index (χ3n) is 4.52. The highest BCUT2D eigenvalue weighted by Crippen LogP contribution is 2.37. The van der Waals surface area contributed by atoms with Crippen molar-refractivity contribution in [2.24, 2.45) is 0 Å². The number of para-hydroxylation sites is 1. The van der Waals surface area contributed by atoms with E-state index in [-0.39, 0.29) is 11.6 Å². The van der Waals surface area contributed by atoms with Gasteiger partial charge in [-0.2, -0.15) is 0 Å². The summed E-state index contributed by atoms with van der Waals surface area (Å²) in [6.07, 6.45) is 0.652. The average Bonchev–Trinajstić information content (AvgIpc) is 2.74. The quantitative estimate of drug-likeness (QED) is 0.432. The number of halogens is 1. The van der Waals surface area contributed by atoms with Crippen molar-refractivity contribution in [2.45, 2.75) is 6.23 Å². The number of benzene rings is 3. The second kappa shape index (κ2) is 7.77. The number of non-ortho nitro benzene ring substituents is 1. The largest absolute Gasteiger partial charge is 0.465 e. The van der Waals surface area contributed by atoms with Gasteiger partial charge in [-0.25, -0.2) is 0 Å². The molecule has 1 aliphatic rings. The van der Waals surface area contributed by atoms with Crippen LogP contribution in [0.15, 0.2) is 84.9 Å². The van der Waals surface area contributed by atoms with Gasteiger partial charge in [0, 0.05) is 40.0 Å². The van der Waals surface area contributed by atoms with Gasteiger partial charge in [0.1, 0.15) is 5.76 Å². The van der Waals surface area contributed by atoms with Crippen LogP contribution in [0.25, 0.3) is 5.76 Å². The molecule has 4 rings (SSSR count). The molecule has 0 N–H and O–H groups in total. The van der Waals surface area contributed by atoms with Gasteiger partial charge >= 0.3 is 0 Å². The van der Waals surface area contributed by atoms with Crippen molar-refractivity contribution in [1.82, 2.24) is 0 Å². The van der Waals surface area contributed by atoms with E-state index in [9.17, 15) is 14.9 Å². The SMILES string of the molecule is O=C1C=C(c2ccc(Cl)cc2)OC(c2ccc([N+](=O)[O-])cc2)N1c1ccccc1. The zero-order valence-corrected chi connectivity index (χ0v) is 15.8. The van der Waals surface area contributed by atoms with E-state index < -0.39 is 11.2 Å². The van der Waals surface area contributed by atoms with E-state index in [2.05, 4.69) is 0 Å². The Morgan fingerprint density at radius 1 is 0.931 bits per heavy atom. The number of anilines is 1. The maximum absolute atomic E-state index is 13.0. The monoisotopic (exact) mass is 406 g/mol. The van der Waals surface area contributed by atoms with Crippen LogP contribution in [-0.4, -0.2) is 10.8 Å². The minimum absolute atomic E-state index is 0.0318. The first kappa shape index (κ1) is 18.7. The Balaban J connectivity index is 1.77. The first-order valence-electron chi connectivity index (χ1n) is 8.80. The Hall–Kier alpha value is -3.64. The van der Waals surface area contributed by atoms with E-state index in [1.807, 2.05) is 18.2 Å². The standard InChI is InChI=1S/C22H15ClN2O4/c23-17-10-6-15(7-11-17)20-14-21(26)24(18-4-2-1-3-5-18)22(29-20)16-8-12-19(13-9-16)25(27)28/h1-14,22H. The van der Waals surface area contributed by atoms with Crippen molar-refractivity contribution in [1.29, 1.82) is 0 Å². The second-order valence-corrected chi connectivity index (χ2v) is 6.81. The Morgan fingerprint density at radius 2 is 1.59 bits per heavy atom. The van der Waals surface area contributed by atoms with Gasteiger partial charge in [-0.1, -0.05) is 29.8 Å². The number of nitro benzene ring substituents is 1. The summed E-state index contributed by atoms with van der Waals surface area (Å²) in [4.78, 5) is 25.1. The molecule has 1 atom stereocenters. The van der Waals surface area contributed by atoms with Crippen LogP contribution in [-0.2, 0) is 9.53 Å². The molecule has 0 saturated heterocycles. The van der Waals surface area contributed by atoms with Crippen LogP contribution >= 0.6 is 11.6 Å². The van der Waals surface area contributed by atoms with Gasteiger partial charge in [-0.05, 0) is 48.5 Å². The van der Waals surface area contributed by atoms with Crippen LogP contribution in [0.4, 0.5) is 11.4 Å². The van der Waals surface area contributed by atoms with Gasteiger partial charge in [-0.3, -0.25) is 19.8 Å². The molecule has 0 saturated carbocycles. The zero-order valence-electron chi connectivity index (χ0n) is 15.1. The highest BCUT2D eigenvalue weighted by Gasteiger charge is 2.33. The van der Waals surface area contributed by atoms with Gasteiger partial charge < -0.3 is 4.74 Å². The topological polar surface area (TPSA) is 72.7 Å². The molecule has 0 spiro atoms. The number of rotatable bonds is 4. The number of hydrogen-bond donors (Lipinski definition) is 0. The fourth-order valence-electron chi connectivity index (χ4n) is 3.10. The first-order valence-corrected chi connectivity index (χ1v) is 9.17. The van der Waals surface area contributed by atoms with Crippen LogP contribution in [0.1, 0.15) is 17.4 Å². The highest BCUT2D eigenvalue weighted by molar-refractivity contribution is 6.30. The summed E-state index contributed by atoms with van der Waals surface area (Å²) in [5, 5.41) is 11.6. The van der Waals surface area contributed by atoms with Crippen molar-refractivity contribution < 1.29 is 14.5 Å². The fourth-order valence-corrected chi connectivity index (χ4v) is 3.22. The summed E-state index contributed by atoms with van der Waals surface area (Å²) in [5.41, 5.74) is 1.96. The molecule has 29 heavy (non-hydrogen) atoms. The number of carbonyl (C=O) groups excluding carboxylic acids is 1. The zero-order chi connectivity index (χ0) is 20.4. The predicted molar refractivity (Wildman–Crippen MR) is 110 cm³/mol. The minimum Gasteiger partial charge on any atom is -0.465 e. The second-order valence-electron chi connectivity index (χ2n) is 6.38. The van der Waals surface area contributed by atoms with Gasteiger partial charge in [0.25, 0.3) is 11.6 Å². The maximum atomic E-state index is 13.0. The van der Waals surface area contributed by atoms with E-state index in [4.69, 9.17) is 16.3 Å². The molecule has 6 nitrogen and oxygen atoms in total. The molecular weight excluding hydrogens is 392 g/mol. The molecule has 7 heteroatoms. The van der Waals surface area contributed by atoms with Crippen LogP contribution in [0.5, 0.6) is 0 Å². The molecule has 3 aromatic rings. The average molecular weight is 407 g/mol. The van der Waals surface area contributed by atoms with E-state index in [0.29, 0.717) is 27.6 Å². The summed E-state index contributed by atoms with van der Waals surface area (Å²) in [6.45, 7) is 0. The van der Waals surface area contributed by atoms with E-state index in [0.717, 1.165) is 0 Å². The summed E-state index contributed by atoms with van der Waals surface area (Å²) in [6, 6.07) is 22.1. The predicted octanol–water partition coefficient (Wildman–Crippen LogP) is 5.35.